The molecule has 0 aliphatic carbocycles. The molecule has 1 amide bonds. The van der Waals surface area contributed by atoms with Gasteiger partial charge in [-0.15, -0.1) is 0 Å². The molecule has 5 nitrogen and oxygen atoms in total. The molecule has 0 unspecified atom stereocenters. The molecule has 0 atom stereocenters. The molecule has 2 rings (SSSR count). The maximum absolute atomic E-state index is 10.9. The highest BCUT2D eigenvalue weighted by Gasteiger charge is 2.10. The van der Waals surface area contributed by atoms with Crippen molar-refractivity contribution in [2.24, 2.45) is 0 Å². The molecule has 1 aromatic heterocycles. The maximum Gasteiger partial charge on any atom is 0.221 e. The number of aromatic hydroxyl groups is 1. The summed E-state index contributed by atoms with van der Waals surface area (Å²) in [6.07, 6.45) is 0. The van der Waals surface area contributed by atoms with Crippen molar-refractivity contribution in [3.8, 4) is 17.1 Å². The third kappa shape index (κ3) is 2.44. The predicted octanol–water partition coefficient (Wildman–Crippen LogP) is 2.31. The summed E-state index contributed by atoms with van der Waals surface area (Å²) in [4.78, 5) is 10.9. The standard InChI is InChI=1S/C12H12N2O3/c1-7-5-12(17-14-7)10-6-9(13-8(2)15)3-4-11(10)16/h3-6,16H,1-2H3,(H,13,15). The SMILES string of the molecule is CC(=O)Nc1ccc(O)c(-c2cc(C)no2)c1. The second kappa shape index (κ2) is 4.29. The fourth-order valence-electron chi connectivity index (χ4n) is 1.50. The summed E-state index contributed by atoms with van der Waals surface area (Å²) in [5.41, 5.74) is 1.82. The van der Waals surface area contributed by atoms with Gasteiger partial charge in [-0.25, -0.2) is 0 Å². The zero-order valence-corrected chi connectivity index (χ0v) is 9.52. The van der Waals surface area contributed by atoms with Crippen LogP contribution in [0.3, 0.4) is 0 Å². The number of anilines is 1. The molecule has 2 N–H and O–H groups in total. The van der Waals surface area contributed by atoms with Crippen LogP contribution in [0.25, 0.3) is 11.3 Å². The van der Waals surface area contributed by atoms with Gasteiger partial charge in [-0.3, -0.25) is 4.79 Å². The summed E-state index contributed by atoms with van der Waals surface area (Å²) in [6, 6.07) is 6.46. The average molecular weight is 232 g/mol. The highest BCUT2D eigenvalue weighted by atomic mass is 16.5. The summed E-state index contributed by atoms with van der Waals surface area (Å²) in [5, 5.41) is 16.1. The van der Waals surface area contributed by atoms with Gasteiger partial charge in [-0.2, -0.15) is 0 Å². The molecule has 0 spiro atoms. The number of aromatic nitrogens is 1. The quantitative estimate of drug-likeness (QED) is 0.779. The second-order valence-corrected chi connectivity index (χ2v) is 3.75. The number of rotatable bonds is 2. The van der Waals surface area contributed by atoms with Crippen molar-refractivity contribution >= 4 is 11.6 Å². The molecule has 0 aliphatic heterocycles. The molecule has 0 fully saturated rings. The molecule has 0 saturated carbocycles. The van der Waals surface area contributed by atoms with E-state index in [-0.39, 0.29) is 11.7 Å². The van der Waals surface area contributed by atoms with Crippen molar-refractivity contribution in [3.05, 3.63) is 30.0 Å². The van der Waals surface area contributed by atoms with Gasteiger partial charge in [0.05, 0.1) is 11.3 Å². The van der Waals surface area contributed by atoms with Gasteiger partial charge >= 0.3 is 0 Å². The molecule has 17 heavy (non-hydrogen) atoms. The highest BCUT2D eigenvalue weighted by molar-refractivity contribution is 5.89. The smallest absolute Gasteiger partial charge is 0.221 e. The van der Waals surface area contributed by atoms with Crippen LogP contribution in [0, 0.1) is 6.92 Å². The lowest BCUT2D eigenvalue weighted by atomic mass is 10.1. The van der Waals surface area contributed by atoms with E-state index in [0.717, 1.165) is 5.69 Å². The van der Waals surface area contributed by atoms with Crippen LogP contribution >= 0.6 is 0 Å². The first-order valence-corrected chi connectivity index (χ1v) is 5.10. The van der Waals surface area contributed by atoms with E-state index in [9.17, 15) is 9.90 Å². The molecule has 0 bridgehead atoms. The van der Waals surface area contributed by atoms with E-state index < -0.39 is 0 Å². The van der Waals surface area contributed by atoms with Crippen LogP contribution in [-0.4, -0.2) is 16.2 Å². The summed E-state index contributed by atoms with van der Waals surface area (Å²) in [7, 11) is 0. The van der Waals surface area contributed by atoms with Crippen LogP contribution in [0.15, 0.2) is 28.8 Å². The van der Waals surface area contributed by atoms with Crippen LogP contribution in [0.1, 0.15) is 12.6 Å². The number of nitrogens with one attached hydrogen (secondary N) is 1. The minimum absolute atomic E-state index is 0.0789. The number of phenolic OH excluding ortho intramolecular Hbond substituents is 1. The number of hydrogen-bond donors (Lipinski definition) is 2. The fourth-order valence-corrected chi connectivity index (χ4v) is 1.50. The van der Waals surface area contributed by atoms with Crippen molar-refractivity contribution < 1.29 is 14.4 Å². The number of benzene rings is 1. The van der Waals surface area contributed by atoms with Gasteiger partial charge in [-0.05, 0) is 25.1 Å². The monoisotopic (exact) mass is 232 g/mol. The van der Waals surface area contributed by atoms with Gasteiger partial charge in [0.1, 0.15) is 5.75 Å². The summed E-state index contributed by atoms with van der Waals surface area (Å²) < 4.78 is 5.07. The maximum atomic E-state index is 10.9. The normalized spacial score (nSPS) is 10.2. The number of aryl methyl sites for hydroxylation is 1. The Labute approximate surface area is 98.1 Å². The molecule has 88 valence electrons. The van der Waals surface area contributed by atoms with Crippen LogP contribution in [0.2, 0.25) is 0 Å². The minimum atomic E-state index is -0.171. The first kappa shape index (κ1) is 11.2. The van der Waals surface area contributed by atoms with Gasteiger partial charge in [0.25, 0.3) is 0 Å². The number of carbonyl (C=O) groups excluding carboxylic acids is 1. The molecular formula is C12H12N2O3. The van der Waals surface area contributed by atoms with Crippen molar-refractivity contribution in [3.63, 3.8) is 0 Å². The average Bonchev–Trinajstić information content (AvgIpc) is 2.67. The number of nitrogens with zero attached hydrogens (tertiary/aromatic N) is 1. The molecule has 0 radical (unpaired) electrons. The number of hydrogen-bond acceptors (Lipinski definition) is 4. The Morgan fingerprint density at radius 1 is 1.41 bits per heavy atom. The van der Waals surface area contributed by atoms with Crippen LogP contribution < -0.4 is 5.32 Å². The van der Waals surface area contributed by atoms with Gasteiger partial charge < -0.3 is 14.9 Å². The first-order chi connectivity index (χ1) is 8.06. The van der Waals surface area contributed by atoms with Crippen molar-refractivity contribution in [1.82, 2.24) is 5.16 Å². The van der Waals surface area contributed by atoms with E-state index in [1.807, 2.05) is 0 Å². The predicted molar refractivity (Wildman–Crippen MR) is 62.6 cm³/mol. The molecule has 0 aliphatic rings. The van der Waals surface area contributed by atoms with Gasteiger partial charge in [0, 0.05) is 18.7 Å². The molecule has 1 heterocycles. The van der Waals surface area contributed by atoms with E-state index in [4.69, 9.17) is 4.52 Å². The Morgan fingerprint density at radius 2 is 2.18 bits per heavy atom. The zero-order chi connectivity index (χ0) is 12.4. The van der Waals surface area contributed by atoms with E-state index >= 15 is 0 Å². The van der Waals surface area contributed by atoms with Gasteiger partial charge in [0.2, 0.25) is 5.91 Å². The summed E-state index contributed by atoms with van der Waals surface area (Å²) in [6.45, 7) is 3.22. The van der Waals surface area contributed by atoms with E-state index in [1.165, 1.54) is 13.0 Å². The Hall–Kier alpha value is -2.30. The summed E-state index contributed by atoms with van der Waals surface area (Å²) in [5.74, 6) is 0.373. The Balaban J connectivity index is 2.42. The highest BCUT2D eigenvalue weighted by Crippen LogP contribution is 2.32. The van der Waals surface area contributed by atoms with E-state index in [1.54, 1.807) is 25.1 Å². The van der Waals surface area contributed by atoms with Gasteiger partial charge in [-0.1, -0.05) is 5.16 Å². The van der Waals surface area contributed by atoms with E-state index in [2.05, 4.69) is 10.5 Å². The van der Waals surface area contributed by atoms with Crippen molar-refractivity contribution in [2.75, 3.05) is 5.32 Å². The molecule has 2 aromatic rings. The lowest BCUT2D eigenvalue weighted by Gasteiger charge is -2.05. The number of carbonyl (C=O) groups is 1. The molecule has 5 heteroatoms. The fraction of sp³-hybridized carbons (Fsp3) is 0.167. The minimum Gasteiger partial charge on any atom is -0.507 e. The van der Waals surface area contributed by atoms with Crippen LogP contribution in [0.4, 0.5) is 5.69 Å². The Morgan fingerprint density at radius 3 is 2.76 bits per heavy atom. The molecule has 0 saturated heterocycles. The third-order valence-electron chi connectivity index (χ3n) is 2.21. The third-order valence-corrected chi connectivity index (χ3v) is 2.21. The van der Waals surface area contributed by atoms with Crippen LogP contribution in [-0.2, 0) is 4.79 Å². The topological polar surface area (TPSA) is 75.4 Å². The largest absolute Gasteiger partial charge is 0.507 e. The lowest BCUT2D eigenvalue weighted by molar-refractivity contribution is -0.114. The number of amides is 1. The molecular weight excluding hydrogens is 220 g/mol. The van der Waals surface area contributed by atoms with Crippen molar-refractivity contribution in [2.45, 2.75) is 13.8 Å². The number of phenols is 1. The molecule has 1 aromatic carbocycles. The first-order valence-electron chi connectivity index (χ1n) is 5.10. The van der Waals surface area contributed by atoms with Crippen LogP contribution in [0.5, 0.6) is 5.75 Å². The Kier molecular flexibility index (Phi) is 2.82. The Bertz CT molecular complexity index is 561. The zero-order valence-electron chi connectivity index (χ0n) is 9.52. The van der Waals surface area contributed by atoms with Gasteiger partial charge in [0.15, 0.2) is 5.76 Å². The summed E-state index contributed by atoms with van der Waals surface area (Å²) >= 11 is 0. The van der Waals surface area contributed by atoms with E-state index in [0.29, 0.717) is 17.0 Å². The van der Waals surface area contributed by atoms with Crippen molar-refractivity contribution in [1.29, 1.82) is 0 Å². The second-order valence-electron chi connectivity index (χ2n) is 3.75. The lowest BCUT2D eigenvalue weighted by Crippen LogP contribution is -2.05.